The minimum atomic E-state index is -0.417. The van der Waals surface area contributed by atoms with Gasteiger partial charge in [0.2, 0.25) is 5.88 Å². The number of hydrogen-bond acceptors (Lipinski definition) is 11. The van der Waals surface area contributed by atoms with Gasteiger partial charge >= 0.3 is 0 Å². The molecule has 2 aromatic heterocycles. The molecule has 0 radical (unpaired) electrons. The van der Waals surface area contributed by atoms with Crippen LogP contribution in [0.1, 0.15) is 67.0 Å². The maximum absolute atomic E-state index is 10.1. The largest absolute Gasteiger partial charge is 0.473 e. The summed E-state index contributed by atoms with van der Waals surface area (Å²) in [5.74, 6) is 2.73. The number of rotatable bonds is 5. The van der Waals surface area contributed by atoms with Crippen LogP contribution in [0, 0.1) is 11.3 Å². The molecule has 1 aromatic carbocycles. The Labute approximate surface area is 264 Å². The first kappa shape index (κ1) is 28.7. The highest BCUT2D eigenvalue weighted by Gasteiger charge is 2.49. The van der Waals surface area contributed by atoms with Gasteiger partial charge in [0.1, 0.15) is 18.0 Å². The first-order valence-corrected chi connectivity index (χ1v) is 16.5. The summed E-state index contributed by atoms with van der Waals surface area (Å²) >= 11 is 0. The smallest absolute Gasteiger partial charge is 0.219 e. The number of ether oxygens (including phenoxy) is 2. The molecule has 11 heteroatoms. The van der Waals surface area contributed by atoms with E-state index >= 15 is 0 Å². The van der Waals surface area contributed by atoms with Gasteiger partial charge in [-0.2, -0.15) is 10.2 Å². The van der Waals surface area contributed by atoms with Crippen molar-refractivity contribution in [2.24, 2.45) is 0 Å². The van der Waals surface area contributed by atoms with E-state index in [1.807, 2.05) is 12.1 Å². The van der Waals surface area contributed by atoms with Crippen molar-refractivity contribution in [1.29, 1.82) is 5.26 Å². The summed E-state index contributed by atoms with van der Waals surface area (Å²) in [5, 5.41) is 14.8. The van der Waals surface area contributed by atoms with Crippen LogP contribution in [0.5, 0.6) is 5.88 Å². The summed E-state index contributed by atoms with van der Waals surface area (Å²) in [7, 11) is 4.34. The van der Waals surface area contributed by atoms with Crippen LogP contribution in [-0.2, 0) is 23.0 Å². The molecule has 5 unspecified atom stereocenters. The predicted octanol–water partition coefficient (Wildman–Crippen LogP) is 3.53. The van der Waals surface area contributed by atoms with Gasteiger partial charge in [-0.05, 0) is 89.7 Å². The second-order valence-electron chi connectivity index (χ2n) is 13.7. The summed E-state index contributed by atoms with van der Waals surface area (Å²) in [4.78, 5) is 17.2. The number of benzene rings is 1. The van der Waals surface area contributed by atoms with Crippen molar-refractivity contribution in [2.45, 2.75) is 81.6 Å². The average Bonchev–Trinajstić information content (AvgIpc) is 3.83. The molecule has 236 valence electrons. The zero-order valence-electron chi connectivity index (χ0n) is 26.5. The van der Waals surface area contributed by atoms with Crippen molar-refractivity contribution >= 4 is 11.5 Å². The highest BCUT2D eigenvalue weighted by molar-refractivity contribution is 5.68. The monoisotopic (exact) mass is 610 g/mol. The predicted molar refractivity (Wildman–Crippen MR) is 169 cm³/mol. The molecule has 0 saturated carbocycles. The van der Waals surface area contributed by atoms with E-state index in [1.54, 1.807) is 0 Å². The Bertz CT molecular complexity index is 1670. The number of hydrogen-bond donors (Lipinski definition) is 1. The maximum atomic E-state index is 10.1. The second-order valence-corrected chi connectivity index (χ2v) is 13.7. The van der Waals surface area contributed by atoms with E-state index < -0.39 is 5.41 Å². The topological polar surface area (TPSA) is 130 Å². The number of aryl methyl sites for hydroxylation is 1. The molecular formula is C34H42N8O3. The van der Waals surface area contributed by atoms with Gasteiger partial charge in [0.25, 0.3) is 0 Å². The lowest BCUT2D eigenvalue weighted by molar-refractivity contribution is -0.0362. The fourth-order valence-electron chi connectivity index (χ4n) is 8.84. The third-order valence-corrected chi connectivity index (χ3v) is 11.2. The molecule has 1 spiro atoms. The van der Waals surface area contributed by atoms with Gasteiger partial charge < -0.3 is 24.6 Å². The molecule has 11 nitrogen and oxygen atoms in total. The summed E-state index contributed by atoms with van der Waals surface area (Å²) in [5.41, 5.74) is 10.9. The van der Waals surface area contributed by atoms with Crippen LogP contribution in [0.3, 0.4) is 0 Å². The summed E-state index contributed by atoms with van der Waals surface area (Å²) in [6.45, 7) is 6.49. The van der Waals surface area contributed by atoms with Crippen LogP contribution in [-0.4, -0.2) is 96.1 Å². The van der Waals surface area contributed by atoms with Gasteiger partial charge in [-0.3, -0.25) is 9.80 Å². The summed E-state index contributed by atoms with van der Waals surface area (Å²) < 4.78 is 19.0. The number of nitrogens with two attached hydrogens (primary N) is 1. The van der Waals surface area contributed by atoms with E-state index in [1.165, 1.54) is 12.0 Å². The molecule has 45 heavy (non-hydrogen) atoms. The molecule has 0 amide bonds. The third-order valence-electron chi connectivity index (χ3n) is 11.2. The van der Waals surface area contributed by atoms with Crippen LogP contribution in [0.15, 0.2) is 22.7 Å². The van der Waals surface area contributed by atoms with Gasteiger partial charge in [0.15, 0.2) is 17.3 Å². The minimum absolute atomic E-state index is 0.0249. The number of likely N-dealkylation sites (N-methyl/N-ethyl adjacent to an activating group) is 2. The maximum Gasteiger partial charge on any atom is 0.219 e. The van der Waals surface area contributed by atoms with Gasteiger partial charge in [-0.25, -0.2) is 4.98 Å². The molecule has 3 fully saturated rings. The Morgan fingerprint density at radius 3 is 2.80 bits per heavy atom. The lowest BCUT2D eigenvalue weighted by atomic mass is 9.68. The van der Waals surface area contributed by atoms with Gasteiger partial charge in [0, 0.05) is 43.0 Å². The molecule has 2 N–H and O–H groups in total. The molecule has 5 aliphatic rings. The van der Waals surface area contributed by atoms with Crippen LogP contribution < -0.4 is 15.4 Å². The van der Waals surface area contributed by atoms with Gasteiger partial charge in [-0.1, -0.05) is 11.2 Å². The fraction of sp³-hybridized carbons (Fsp3) is 0.588. The standard InChI is InChI=1S/C34H42N8O3/c1-20(25-7-5-13-40(25)2)44-29-16-28(42-18-26-27(19-42)43-15-14-41(26)3)37-33(38-29)31-22-6-4-11-34(32(22)45-39-31)12-10-21-8-9-24(36)23(17-35)30(21)34/h8-9,16,20,25-27H,4-7,10-15,18-19,36H2,1-3H3. The SMILES string of the molecule is CC(Oc1cc(N2CC3OCCN(C)C3C2)nc(-c2noc3c2CCCC32CCc3ccc(N)c(C#N)c32)n1)C1CCCN1C. The lowest BCUT2D eigenvalue weighted by Gasteiger charge is -2.33. The Kier molecular flexibility index (Phi) is 7.00. The summed E-state index contributed by atoms with van der Waals surface area (Å²) in [6, 6.07) is 8.96. The van der Waals surface area contributed by atoms with E-state index in [9.17, 15) is 5.26 Å². The molecule has 5 heterocycles. The Hall–Kier alpha value is -3.72. The number of likely N-dealkylation sites (tertiary alicyclic amines) is 1. The highest BCUT2D eigenvalue weighted by Crippen LogP contribution is 2.54. The van der Waals surface area contributed by atoms with Crippen molar-refractivity contribution in [3.05, 3.63) is 46.2 Å². The number of fused-ring (bicyclic) bond motifs is 5. The third kappa shape index (κ3) is 4.60. The summed E-state index contributed by atoms with van der Waals surface area (Å²) in [6.07, 6.45) is 6.81. The van der Waals surface area contributed by atoms with Crippen molar-refractivity contribution in [2.75, 3.05) is 57.5 Å². The van der Waals surface area contributed by atoms with Gasteiger partial charge in [0.05, 0.1) is 29.7 Å². The number of anilines is 2. The molecule has 8 rings (SSSR count). The van der Waals surface area contributed by atoms with Crippen molar-refractivity contribution in [3.63, 3.8) is 0 Å². The lowest BCUT2D eigenvalue weighted by Crippen LogP contribution is -2.48. The van der Waals surface area contributed by atoms with Crippen LogP contribution in [0.4, 0.5) is 11.5 Å². The quantitative estimate of drug-likeness (QED) is 0.426. The van der Waals surface area contributed by atoms with E-state index in [2.05, 4.69) is 53.0 Å². The molecule has 3 saturated heterocycles. The second kappa shape index (κ2) is 11.0. The van der Waals surface area contributed by atoms with Crippen LogP contribution >= 0.6 is 0 Å². The number of aromatic nitrogens is 3. The van der Waals surface area contributed by atoms with E-state index in [0.29, 0.717) is 40.7 Å². The first-order valence-electron chi connectivity index (χ1n) is 16.5. The van der Waals surface area contributed by atoms with Gasteiger partial charge in [-0.15, -0.1) is 0 Å². The van der Waals surface area contributed by atoms with E-state index in [0.717, 1.165) is 94.0 Å². The van der Waals surface area contributed by atoms with Crippen molar-refractivity contribution in [1.82, 2.24) is 24.9 Å². The first-order chi connectivity index (χ1) is 21.9. The molecule has 2 aliphatic carbocycles. The molecule has 0 bridgehead atoms. The van der Waals surface area contributed by atoms with Crippen molar-refractivity contribution in [3.8, 4) is 23.5 Å². The number of morpholine rings is 1. The number of nitrogens with zero attached hydrogens (tertiary/aromatic N) is 7. The Morgan fingerprint density at radius 1 is 1.11 bits per heavy atom. The van der Waals surface area contributed by atoms with E-state index in [-0.39, 0.29) is 12.2 Å². The van der Waals surface area contributed by atoms with Crippen LogP contribution in [0.2, 0.25) is 0 Å². The molecule has 3 aliphatic heterocycles. The number of nitriles is 1. The molecular weight excluding hydrogens is 568 g/mol. The minimum Gasteiger partial charge on any atom is -0.473 e. The zero-order valence-corrected chi connectivity index (χ0v) is 26.5. The molecule has 5 atom stereocenters. The Balaban J connectivity index is 1.20. The van der Waals surface area contributed by atoms with Crippen LogP contribution in [0.25, 0.3) is 11.5 Å². The Morgan fingerprint density at radius 2 is 2.00 bits per heavy atom. The highest BCUT2D eigenvalue weighted by atomic mass is 16.5. The van der Waals surface area contributed by atoms with E-state index in [4.69, 9.17) is 29.7 Å². The zero-order chi connectivity index (χ0) is 30.9. The number of nitrogen functional groups attached to an aromatic ring is 1. The molecule has 3 aromatic rings. The average molecular weight is 611 g/mol. The van der Waals surface area contributed by atoms with Crippen molar-refractivity contribution < 1.29 is 14.0 Å². The fourth-order valence-corrected chi connectivity index (χ4v) is 8.84. The normalized spacial score (nSPS) is 28.6.